The number of anilines is 3. The predicted molar refractivity (Wildman–Crippen MR) is 95.1 cm³/mol. The van der Waals surface area contributed by atoms with Gasteiger partial charge < -0.3 is 14.6 Å². The lowest BCUT2D eigenvalue weighted by Crippen LogP contribution is -2.15. The average Bonchev–Trinajstić information content (AvgIpc) is 3.01. The monoisotopic (exact) mass is 375 g/mol. The van der Waals surface area contributed by atoms with Crippen molar-refractivity contribution < 1.29 is 17.7 Å². The highest BCUT2D eigenvalue weighted by Gasteiger charge is 2.18. The number of methoxy groups -OCH3 is 1. The average molecular weight is 375 g/mol. The quantitative estimate of drug-likeness (QED) is 0.675. The van der Waals surface area contributed by atoms with Crippen LogP contribution in [0.2, 0.25) is 0 Å². The lowest BCUT2D eigenvalue weighted by Gasteiger charge is -2.11. The molecule has 136 valence electrons. The Labute approximate surface area is 150 Å². The number of nitrogens with zero attached hydrogens (tertiary/aromatic N) is 3. The van der Waals surface area contributed by atoms with Gasteiger partial charge in [-0.05, 0) is 49.7 Å². The smallest absolute Gasteiger partial charge is 0.263 e. The molecule has 26 heavy (non-hydrogen) atoms. The fraction of sp³-hybridized carbons (Fsp3) is 0.188. The lowest BCUT2D eigenvalue weighted by molar-refractivity contribution is 0.400. The zero-order chi connectivity index (χ0) is 18.7. The van der Waals surface area contributed by atoms with Gasteiger partial charge in [0.25, 0.3) is 10.0 Å². The van der Waals surface area contributed by atoms with Gasteiger partial charge in [-0.1, -0.05) is 5.16 Å². The molecule has 0 aliphatic rings. The maximum Gasteiger partial charge on any atom is 0.263 e. The highest BCUT2D eigenvalue weighted by molar-refractivity contribution is 7.92. The topological polar surface area (TPSA) is 119 Å². The van der Waals surface area contributed by atoms with E-state index in [9.17, 15) is 8.42 Å². The zero-order valence-electron chi connectivity index (χ0n) is 14.3. The van der Waals surface area contributed by atoms with Crippen LogP contribution in [0.5, 0.6) is 5.75 Å². The number of hydrogen-bond acceptors (Lipinski definition) is 8. The molecule has 0 aliphatic heterocycles. The minimum absolute atomic E-state index is 0.0992. The summed E-state index contributed by atoms with van der Waals surface area (Å²) in [6, 6.07) is 9.49. The van der Waals surface area contributed by atoms with Crippen molar-refractivity contribution >= 4 is 27.5 Å². The number of sulfonamides is 1. The maximum absolute atomic E-state index is 12.5. The van der Waals surface area contributed by atoms with Crippen LogP contribution in [-0.2, 0) is 10.0 Å². The van der Waals surface area contributed by atoms with Crippen LogP contribution in [0.25, 0.3) is 0 Å². The first-order valence-electron chi connectivity index (χ1n) is 7.59. The van der Waals surface area contributed by atoms with Crippen molar-refractivity contribution in [2.24, 2.45) is 0 Å². The van der Waals surface area contributed by atoms with E-state index in [-0.39, 0.29) is 10.7 Å². The SMILES string of the molecule is COc1ccc(S(=O)(=O)Nc2ccc(Nc3cc(C)on3)nn2)c(C)c1. The van der Waals surface area contributed by atoms with Gasteiger partial charge in [0.05, 0.1) is 12.0 Å². The van der Waals surface area contributed by atoms with E-state index in [1.165, 1.54) is 19.2 Å². The minimum Gasteiger partial charge on any atom is -0.497 e. The van der Waals surface area contributed by atoms with Crippen molar-refractivity contribution in [3.8, 4) is 5.75 Å². The molecule has 3 rings (SSSR count). The molecule has 1 aromatic carbocycles. The Bertz CT molecular complexity index is 1020. The van der Waals surface area contributed by atoms with Crippen molar-refractivity contribution in [2.45, 2.75) is 18.7 Å². The summed E-state index contributed by atoms with van der Waals surface area (Å²) >= 11 is 0. The van der Waals surface area contributed by atoms with Crippen LogP contribution in [0.4, 0.5) is 17.5 Å². The highest BCUT2D eigenvalue weighted by Crippen LogP contribution is 2.23. The molecule has 9 nitrogen and oxygen atoms in total. The molecule has 0 saturated carbocycles. The number of nitrogens with one attached hydrogen (secondary N) is 2. The summed E-state index contributed by atoms with van der Waals surface area (Å²) in [5.74, 6) is 2.22. The van der Waals surface area contributed by atoms with Crippen LogP contribution >= 0.6 is 0 Å². The van der Waals surface area contributed by atoms with Crippen LogP contribution in [0.3, 0.4) is 0 Å². The number of benzene rings is 1. The molecule has 2 heterocycles. The van der Waals surface area contributed by atoms with Crippen molar-refractivity contribution in [2.75, 3.05) is 17.1 Å². The van der Waals surface area contributed by atoms with Gasteiger partial charge in [-0.2, -0.15) is 0 Å². The third-order valence-corrected chi connectivity index (χ3v) is 4.97. The first-order chi connectivity index (χ1) is 12.4. The Balaban J connectivity index is 1.75. The van der Waals surface area contributed by atoms with Crippen LogP contribution in [0, 0.1) is 13.8 Å². The molecule has 0 amide bonds. The Kier molecular flexibility index (Phi) is 4.76. The molecular formula is C16H17N5O4S. The van der Waals surface area contributed by atoms with Gasteiger partial charge in [-0.15, -0.1) is 10.2 Å². The molecular weight excluding hydrogens is 358 g/mol. The van der Waals surface area contributed by atoms with Crippen molar-refractivity contribution in [3.05, 3.63) is 47.7 Å². The van der Waals surface area contributed by atoms with E-state index in [4.69, 9.17) is 9.26 Å². The number of hydrogen-bond donors (Lipinski definition) is 2. The molecule has 0 spiro atoms. The molecule has 2 N–H and O–H groups in total. The van der Waals surface area contributed by atoms with E-state index in [1.54, 1.807) is 38.1 Å². The molecule has 0 aliphatic carbocycles. The number of aromatic nitrogens is 3. The normalized spacial score (nSPS) is 11.2. The molecule has 10 heteroatoms. The second-order valence-corrected chi connectivity index (χ2v) is 7.14. The van der Waals surface area contributed by atoms with Crippen molar-refractivity contribution in [1.82, 2.24) is 15.4 Å². The Morgan fingerprint density at radius 1 is 1.00 bits per heavy atom. The minimum atomic E-state index is -3.79. The van der Waals surface area contributed by atoms with Crippen molar-refractivity contribution in [3.63, 3.8) is 0 Å². The highest BCUT2D eigenvalue weighted by atomic mass is 32.2. The lowest BCUT2D eigenvalue weighted by atomic mass is 10.2. The molecule has 0 bridgehead atoms. The predicted octanol–water partition coefficient (Wildman–Crippen LogP) is 2.63. The van der Waals surface area contributed by atoms with E-state index in [0.29, 0.717) is 28.7 Å². The molecule has 0 atom stereocenters. The summed E-state index contributed by atoms with van der Waals surface area (Å²) < 4.78 is 37.5. The number of ether oxygens (including phenoxy) is 1. The summed E-state index contributed by atoms with van der Waals surface area (Å²) in [4.78, 5) is 0.139. The fourth-order valence-electron chi connectivity index (χ4n) is 2.25. The van der Waals surface area contributed by atoms with Crippen LogP contribution in [0.15, 0.2) is 45.8 Å². The summed E-state index contributed by atoms with van der Waals surface area (Å²) in [6.07, 6.45) is 0. The second kappa shape index (κ2) is 7.00. The summed E-state index contributed by atoms with van der Waals surface area (Å²) in [5, 5.41) is 14.5. The first kappa shape index (κ1) is 17.7. The second-order valence-electron chi connectivity index (χ2n) is 5.49. The summed E-state index contributed by atoms with van der Waals surface area (Å²) in [7, 11) is -2.27. The van der Waals surface area contributed by atoms with E-state index < -0.39 is 10.0 Å². The van der Waals surface area contributed by atoms with Crippen LogP contribution in [0.1, 0.15) is 11.3 Å². The molecule has 3 aromatic rings. The van der Waals surface area contributed by atoms with Gasteiger partial charge in [0.1, 0.15) is 11.5 Å². The van der Waals surface area contributed by atoms with Crippen LogP contribution in [-0.4, -0.2) is 30.9 Å². The van der Waals surface area contributed by atoms with Gasteiger partial charge in [0.15, 0.2) is 17.5 Å². The molecule has 0 radical (unpaired) electrons. The largest absolute Gasteiger partial charge is 0.497 e. The standard InChI is InChI=1S/C16H17N5O4S/c1-10-8-12(24-3)4-5-13(10)26(22,23)21-15-7-6-14(18-19-15)17-16-9-11(2)25-20-16/h4-9H,1-3H3,(H,19,21)(H,17,18,20). The number of rotatable bonds is 6. The van der Waals surface area contributed by atoms with Crippen molar-refractivity contribution in [1.29, 1.82) is 0 Å². The number of aryl methyl sites for hydroxylation is 2. The Morgan fingerprint density at radius 2 is 1.73 bits per heavy atom. The zero-order valence-corrected chi connectivity index (χ0v) is 15.2. The fourth-order valence-corrected chi connectivity index (χ4v) is 3.48. The molecule has 2 aromatic heterocycles. The van der Waals surface area contributed by atoms with Crippen LogP contribution < -0.4 is 14.8 Å². The van der Waals surface area contributed by atoms with Gasteiger partial charge >= 0.3 is 0 Å². The maximum atomic E-state index is 12.5. The van der Waals surface area contributed by atoms with Gasteiger partial charge in [-0.3, -0.25) is 4.72 Å². The Hall–Kier alpha value is -3.14. The molecule has 0 saturated heterocycles. The van der Waals surface area contributed by atoms with E-state index >= 15 is 0 Å². The molecule has 0 unspecified atom stereocenters. The molecule has 0 fully saturated rings. The van der Waals surface area contributed by atoms with Gasteiger partial charge in [0, 0.05) is 6.07 Å². The van der Waals surface area contributed by atoms with Gasteiger partial charge in [0.2, 0.25) is 0 Å². The van der Waals surface area contributed by atoms with E-state index in [0.717, 1.165) is 0 Å². The third kappa shape index (κ3) is 3.91. The summed E-state index contributed by atoms with van der Waals surface area (Å²) in [6.45, 7) is 3.46. The van der Waals surface area contributed by atoms with E-state index in [1.807, 2.05) is 0 Å². The van der Waals surface area contributed by atoms with E-state index in [2.05, 4.69) is 25.4 Å². The van der Waals surface area contributed by atoms with Gasteiger partial charge in [-0.25, -0.2) is 8.42 Å². The Morgan fingerprint density at radius 3 is 2.31 bits per heavy atom. The third-order valence-electron chi connectivity index (χ3n) is 3.46. The summed E-state index contributed by atoms with van der Waals surface area (Å²) in [5.41, 5.74) is 0.560. The first-order valence-corrected chi connectivity index (χ1v) is 9.07.